The van der Waals surface area contributed by atoms with Crippen molar-refractivity contribution >= 4 is 0 Å². The van der Waals surface area contributed by atoms with E-state index in [0.717, 1.165) is 18.4 Å². The zero-order valence-electron chi connectivity index (χ0n) is 8.85. The highest BCUT2D eigenvalue weighted by Gasteiger charge is 2.08. The minimum absolute atomic E-state index is 0.745. The first-order valence-electron chi connectivity index (χ1n) is 4.92. The summed E-state index contributed by atoms with van der Waals surface area (Å²) in [6.45, 7) is 11.6. The number of hydrogen-bond donors (Lipinski definition) is 1. The van der Waals surface area contributed by atoms with Crippen LogP contribution in [0.5, 0.6) is 0 Å². The summed E-state index contributed by atoms with van der Waals surface area (Å²) in [4.78, 5) is 0. The monoisotopic (exact) mass is 159 g/mol. The summed E-state index contributed by atoms with van der Waals surface area (Å²) in [5, 5.41) is 0. The fourth-order valence-corrected chi connectivity index (χ4v) is 1.09. The summed E-state index contributed by atoms with van der Waals surface area (Å²) in [5.41, 5.74) is 5.56. The Morgan fingerprint density at radius 1 is 1.18 bits per heavy atom. The number of nitrogens with two attached hydrogens (primary N) is 1. The maximum Gasteiger partial charge on any atom is -0.00464 e. The summed E-state index contributed by atoms with van der Waals surface area (Å²) in [7, 11) is 0. The van der Waals surface area contributed by atoms with Gasteiger partial charge in [-0.3, -0.25) is 0 Å². The zero-order valence-corrected chi connectivity index (χ0v) is 8.85. The number of hydrogen-bond acceptors (Lipinski definition) is 1. The van der Waals surface area contributed by atoms with Crippen molar-refractivity contribution in [1.82, 2.24) is 0 Å². The molecule has 0 aliphatic rings. The summed E-state index contributed by atoms with van der Waals surface area (Å²) in [5.74, 6) is 1.50. The highest BCUT2D eigenvalue weighted by atomic mass is 14.5. The molecule has 0 radical (unpaired) electrons. The predicted octanol–water partition coefficient (Wildman–Crippen LogP) is 3.04. The fraction of sp³-hybridized carbons (Fsp3) is 1.00. The fourth-order valence-electron chi connectivity index (χ4n) is 1.09. The van der Waals surface area contributed by atoms with Crippen LogP contribution in [0.2, 0.25) is 0 Å². The second-order valence-electron chi connectivity index (χ2n) is 3.03. The summed E-state index contributed by atoms with van der Waals surface area (Å²) >= 11 is 0. The predicted molar refractivity (Wildman–Crippen MR) is 53.6 cm³/mol. The van der Waals surface area contributed by atoms with Gasteiger partial charge < -0.3 is 5.73 Å². The van der Waals surface area contributed by atoms with Crippen LogP contribution in [0.25, 0.3) is 0 Å². The summed E-state index contributed by atoms with van der Waals surface area (Å²) in [6.07, 6.45) is 2.55. The van der Waals surface area contributed by atoms with Crippen molar-refractivity contribution in [2.75, 3.05) is 6.54 Å². The maximum absolute atomic E-state index is 5.56. The molecule has 0 saturated heterocycles. The van der Waals surface area contributed by atoms with Gasteiger partial charge in [0.2, 0.25) is 0 Å². The van der Waals surface area contributed by atoms with Crippen molar-refractivity contribution in [2.45, 2.75) is 47.5 Å². The van der Waals surface area contributed by atoms with Gasteiger partial charge in [-0.15, -0.1) is 0 Å². The Balaban J connectivity index is 0. The van der Waals surface area contributed by atoms with Gasteiger partial charge in [0.1, 0.15) is 0 Å². The summed E-state index contributed by atoms with van der Waals surface area (Å²) in [6, 6.07) is 0. The highest BCUT2D eigenvalue weighted by molar-refractivity contribution is 4.62. The molecule has 1 atom stereocenters. The largest absolute Gasteiger partial charge is 0.330 e. The van der Waals surface area contributed by atoms with Gasteiger partial charge in [0.15, 0.2) is 0 Å². The van der Waals surface area contributed by atoms with Crippen LogP contribution in [-0.4, -0.2) is 6.54 Å². The van der Waals surface area contributed by atoms with E-state index >= 15 is 0 Å². The Labute approximate surface area is 72.4 Å². The molecule has 0 fully saturated rings. The second-order valence-corrected chi connectivity index (χ2v) is 3.03. The molecule has 0 aliphatic heterocycles. The molecule has 1 unspecified atom stereocenters. The quantitative estimate of drug-likeness (QED) is 0.670. The lowest BCUT2D eigenvalue weighted by atomic mass is 9.92. The average Bonchev–Trinajstić information content (AvgIpc) is 2.03. The van der Waals surface area contributed by atoms with Crippen molar-refractivity contribution in [3.8, 4) is 0 Å². The van der Waals surface area contributed by atoms with Gasteiger partial charge in [0.05, 0.1) is 0 Å². The third kappa shape index (κ3) is 7.86. The maximum atomic E-state index is 5.56. The molecule has 2 N–H and O–H groups in total. The van der Waals surface area contributed by atoms with Crippen molar-refractivity contribution in [1.29, 1.82) is 0 Å². The lowest BCUT2D eigenvalue weighted by Gasteiger charge is -2.16. The molecular weight excluding hydrogens is 134 g/mol. The second kappa shape index (κ2) is 9.96. The lowest BCUT2D eigenvalue weighted by Crippen LogP contribution is -2.19. The van der Waals surface area contributed by atoms with Crippen LogP contribution in [0.1, 0.15) is 47.5 Å². The minimum atomic E-state index is 0.745. The van der Waals surface area contributed by atoms with E-state index in [1.54, 1.807) is 0 Å². The molecule has 1 nitrogen and oxygen atoms in total. The van der Waals surface area contributed by atoms with Crippen LogP contribution < -0.4 is 5.73 Å². The Morgan fingerprint density at radius 2 is 1.64 bits per heavy atom. The van der Waals surface area contributed by atoms with Crippen molar-refractivity contribution in [3.05, 3.63) is 0 Å². The first-order valence-corrected chi connectivity index (χ1v) is 4.92. The van der Waals surface area contributed by atoms with E-state index in [-0.39, 0.29) is 0 Å². The molecule has 0 aliphatic carbocycles. The molecule has 0 heterocycles. The minimum Gasteiger partial charge on any atom is -0.330 e. The molecule has 70 valence electrons. The van der Waals surface area contributed by atoms with Crippen LogP contribution in [0.3, 0.4) is 0 Å². The Morgan fingerprint density at radius 3 is 1.73 bits per heavy atom. The van der Waals surface area contributed by atoms with Gasteiger partial charge in [-0.2, -0.15) is 0 Å². The molecule has 0 bridgehead atoms. The normalized spacial score (nSPS) is 12.3. The SMILES string of the molecule is CC.CCCC(CN)C(C)C. The smallest absolute Gasteiger partial charge is 0.00464 e. The van der Waals surface area contributed by atoms with Crippen LogP contribution in [0, 0.1) is 11.8 Å². The average molecular weight is 159 g/mol. The molecule has 0 saturated carbocycles. The van der Waals surface area contributed by atoms with E-state index in [4.69, 9.17) is 5.73 Å². The molecule has 0 spiro atoms. The Kier molecular flexibility index (Phi) is 12.3. The van der Waals surface area contributed by atoms with Crippen molar-refractivity contribution in [3.63, 3.8) is 0 Å². The van der Waals surface area contributed by atoms with E-state index < -0.39 is 0 Å². The van der Waals surface area contributed by atoms with E-state index in [1.165, 1.54) is 12.8 Å². The Bertz CT molecular complexity index is 59.9. The van der Waals surface area contributed by atoms with E-state index in [2.05, 4.69) is 20.8 Å². The molecule has 1 heteroatoms. The Hall–Kier alpha value is -0.0400. The molecule has 0 aromatic rings. The standard InChI is InChI=1S/C8H19N.C2H6/c1-4-5-8(6-9)7(2)3;1-2/h7-8H,4-6,9H2,1-3H3;1-2H3. The molecule has 0 aromatic carbocycles. The van der Waals surface area contributed by atoms with Gasteiger partial charge >= 0.3 is 0 Å². The molecule has 0 amide bonds. The molecular formula is C10H25N. The summed E-state index contributed by atoms with van der Waals surface area (Å²) < 4.78 is 0. The van der Waals surface area contributed by atoms with Crippen LogP contribution in [-0.2, 0) is 0 Å². The van der Waals surface area contributed by atoms with Gasteiger partial charge in [-0.05, 0) is 24.8 Å². The van der Waals surface area contributed by atoms with E-state index in [0.29, 0.717) is 0 Å². The van der Waals surface area contributed by atoms with E-state index in [1.807, 2.05) is 13.8 Å². The topological polar surface area (TPSA) is 26.0 Å². The van der Waals surface area contributed by atoms with Crippen LogP contribution in [0.15, 0.2) is 0 Å². The molecule has 0 aromatic heterocycles. The van der Waals surface area contributed by atoms with Crippen LogP contribution >= 0.6 is 0 Å². The van der Waals surface area contributed by atoms with Gasteiger partial charge in [0, 0.05) is 0 Å². The van der Waals surface area contributed by atoms with Crippen LogP contribution in [0.4, 0.5) is 0 Å². The number of rotatable bonds is 4. The molecule has 0 rings (SSSR count). The molecule has 11 heavy (non-hydrogen) atoms. The van der Waals surface area contributed by atoms with Gasteiger partial charge in [-0.25, -0.2) is 0 Å². The first kappa shape index (κ1) is 13.5. The zero-order chi connectivity index (χ0) is 9.28. The third-order valence-electron chi connectivity index (χ3n) is 1.91. The highest BCUT2D eigenvalue weighted by Crippen LogP contribution is 2.14. The van der Waals surface area contributed by atoms with Crippen molar-refractivity contribution in [2.24, 2.45) is 17.6 Å². The first-order chi connectivity index (χ1) is 5.22. The van der Waals surface area contributed by atoms with E-state index in [9.17, 15) is 0 Å². The van der Waals surface area contributed by atoms with Crippen molar-refractivity contribution < 1.29 is 0 Å². The van der Waals surface area contributed by atoms with Gasteiger partial charge in [0.25, 0.3) is 0 Å². The third-order valence-corrected chi connectivity index (χ3v) is 1.91. The van der Waals surface area contributed by atoms with Gasteiger partial charge in [-0.1, -0.05) is 41.0 Å². The lowest BCUT2D eigenvalue weighted by molar-refractivity contribution is 0.365.